The maximum absolute atomic E-state index is 12.5. The van der Waals surface area contributed by atoms with E-state index in [0.717, 1.165) is 38.0 Å². The summed E-state index contributed by atoms with van der Waals surface area (Å²) in [5.74, 6) is 0.536. The number of benzene rings is 1. The first kappa shape index (κ1) is 19.0. The first-order chi connectivity index (χ1) is 12.9. The lowest BCUT2D eigenvalue weighted by Gasteiger charge is -2.31. The summed E-state index contributed by atoms with van der Waals surface area (Å²) in [5, 5.41) is 0. The van der Waals surface area contributed by atoms with Gasteiger partial charge in [-0.1, -0.05) is 12.1 Å². The van der Waals surface area contributed by atoms with Gasteiger partial charge in [-0.25, -0.2) is 4.98 Å². The van der Waals surface area contributed by atoms with Crippen LogP contribution < -0.4 is 0 Å². The molecule has 1 saturated heterocycles. The number of hydrogen-bond acceptors (Lipinski definition) is 4. The summed E-state index contributed by atoms with van der Waals surface area (Å²) in [7, 11) is 3.51. The van der Waals surface area contributed by atoms with Crippen molar-refractivity contribution in [2.45, 2.75) is 26.2 Å². The number of carbonyl (C=O) groups is 2. The van der Waals surface area contributed by atoms with E-state index < -0.39 is 0 Å². The Hall–Kier alpha value is -2.76. The van der Waals surface area contributed by atoms with Gasteiger partial charge in [0.25, 0.3) is 11.8 Å². The van der Waals surface area contributed by atoms with Crippen LogP contribution in [0.15, 0.2) is 36.7 Å². The van der Waals surface area contributed by atoms with Crippen LogP contribution in [0.5, 0.6) is 0 Å². The van der Waals surface area contributed by atoms with Crippen LogP contribution in [-0.4, -0.2) is 58.8 Å². The molecule has 0 aliphatic carbocycles. The molecule has 1 aliphatic heterocycles. The molecule has 6 heteroatoms. The third-order valence-electron chi connectivity index (χ3n) is 5.03. The van der Waals surface area contributed by atoms with Crippen LogP contribution in [0.2, 0.25) is 0 Å². The zero-order valence-corrected chi connectivity index (χ0v) is 16.2. The monoisotopic (exact) mass is 366 g/mol. The average molecular weight is 366 g/mol. The van der Waals surface area contributed by atoms with Gasteiger partial charge < -0.3 is 9.80 Å². The van der Waals surface area contributed by atoms with Crippen LogP contribution in [0.25, 0.3) is 0 Å². The number of aromatic nitrogens is 2. The summed E-state index contributed by atoms with van der Waals surface area (Å²) in [6.45, 7) is 3.35. The smallest absolute Gasteiger partial charge is 0.274 e. The molecule has 1 aromatic heterocycles. The minimum Gasteiger partial charge on any atom is -0.345 e. The van der Waals surface area contributed by atoms with Crippen molar-refractivity contribution >= 4 is 11.8 Å². The molecule has 0 saturated carbocycles. The standard InChI is InChI=1S/C21H26N4O2/c1-15-13-23-19(14-22-15)21(27)25-10-8-17(9-11-25)12-16-4-6-18(7-5-16)20(26)24(2)3/h4-7,13-14,17H,8-12H2,1-3H3. The minimum absolute atomic E-state index is 0.0209. The fourth-order valence-corrected chi connectivity index (χ4v) is 3.38. The lowest BCUT2D eigenvalue weighted by molar-refractivity contribution is 0.0684. The van der Waals surface area contributed by atoms with Gasteiger partial charge in [0.05, 0.1) is 11.9 Å². The molecule has 0 bridgehead atoms. The van der Waals surface area contributed by atoms with Crippen LogP contribution >= 0.6 is 0 Å². The molecule has 0 radical (unpaired) electrons. The predicted octanol–water partition coefficient (Wildman–Crippen LogP) is 2.58. The molecule has 0 N–H and O–H groups in total. The highest BCUT2D eigenvalue weighted by atomic mass is 16.2. The third-order valence-corrected chi connectivity index (χ3v) is 5.03. The minimum atomic E-state index is -0.0347. The van der Waals surface area contributed by atoms with E-state index in [1.54, 1.807) is 31.4 Å². The van der Waals surface area contributed by atoms with Gasteiger partial charge in [0.2, 0.25) is 0 Å². The highest BCUT2D eigenvalue weighted by Gasteiger charge is 2.24. The van der Waals surface area contributed by atoms with Crippen molar-refractivity contribution in [1.29, 1.82) is 0 Å². The van der Waals surface area contributed by atoms with Crippen molar-refractivity contribution in [3.05, 3.63) is 59.2 Å². The van der Waals surface area contributed by atoms with Gasteiger partial charge in [-0.05, 0) is 49.8 Å². The topological polar surface area (TPSA) is 66.4 Å². The highest BCUT2D eigenvalue weighted by molar-refractivity contribution is 5.94. The predicted molar refractivity (Wildman–Crippen MR) is 104 cm³/mol. The van der Waals surface area contributed by atoms with Gasteiger partial charge in [0, 0.05) is 38.9 Å². The van der Waals surface area contributed by atoms with E-state index in [4.69, 9.17) is 0 Å². The molecular weight excluding hydrogens is 340 g/mol. The van der Waals surface area contributed by atoms with Crippen LogP contribution in [0, 0.1) is 12.8 Å². The van der Waals surface area contributed by atoms with Crippen molar-refractivity contribution in [2.75, 3.05) is 27.2 Å². The number of piperidine rings is 1. The number of likely N-dealkylation sites (tertiary alicyclic amines) is 1. The summed E-state index contributed by atoms with van der Waals surface area (Å²) < 4.78 is 0. The molecule has 0 unspecified atom stereocenters. The summed E-state index contributed by atoms with van der Waals surface area (Å²) >= 11 is 0. The molecule has 2 amide bonds. The van der Waals surface area contributed by atoms with Gasteiger partial charge in [0.15, 0.2) is 0 Å². The van der Waals surface area contributed by atoms with Crippen molar-refractivity contribution in [3.8, 4) is 0 Å². The van der Waals surface area contributed by atoms with Gasteiger partial charge in [-0.2, -0.15) is 0 Å². The van der Waals surface area contributed by atoms with Crippen molar-refractivity contribution < 1.29 is 9.59 Å². The Morgan fingerprint density at radius 3 is 2.30 bits per heavy atom. The third kappa shape index (κ3) is 4.70. The summed E-state index contributed by atoms with van der Waals surface area (Å²) in [6.07, 6.45) is 6.11. The van der Waals surface area contributed by atoms with Gasteiger partial charge in [0.1, 0.15) is 5.69 Å². The van der Waals surface area contributed by atoms with E-state index in [1.165, 1.54) is 5.56 Å². The quantitative estimate of drug-likeness (QED) is 0.834. The molecule has 1 fully saturated rings. The normalized spacial score (nSPS) is 14.9. The zero-order valence-electron chi connectivity index (χ0n) is 16.2. The average Bonchev–Trinajstić information content (AvgIpc) is 2.68. The summed E-state index contributed by atoms with van der Waals surface area (Å²) in [6, 6.07) is 7.87. The summed E-state index contributed by atoms with van der Waals surface area (Å²) in [4.78, 5) is 36.3. The molecule has 0 spiro atoms. The fraction of sp³-hybridized carbons (Fsp3) is 0.429. The molecule has 2 aromatic rings. The van der Waals surface area contributed by atoms with Crippen molar-refractivity contribution in [1.82, 2.24) is 19.8 Å². The number of hydrogen-bond donors (Lipinski definition) is 0. The Morgan fingerprint density at radius 1 is 1.07 bits per heavy atom. The van der Waals surface area contributed by atoms with Gasteiger partial charge in [-0.15, -0.1) is 0 Å². The van der Waals surface area contributed by atoms with Crippen LogP contribution in [-0.2, 0) is 6.42 Å². The SMILES string of the molecule is Cc1cnc(C(=O)N2CCC(Cc3ccc(C(=O)N(C)C)cc3)CC2)cn1. The second-order valence-electron chi connectivity index (χ2n) is 7.38. The Balaban J connectivity index is 1.53. The van der Waals surface area contributed by atoms with E-state index in [9.17, 15) is 9.59 Å². The van der Waals surface area contributed by atoms with E-state index in [0.29, 0.717) is 17.2 Å². The van der Waals surface area contributed by atoms with E-state index in [1.807, 2.05) is 36.1 Å². The van der Waals surface area contributed by atoms with Gasteiger partial charge in [-0.3, -0.25) is 14.6 Å². The molecule has 0 atom stereocenters. The number of carbonyl (C=O) groups excluding carboxylic acids is 2. The molecule has 6 nitrogen and oxygen atoms in total. The first-order valence-corrected chi connectivity index (χ1v) is 9.32. The zero-order chi connectivity index (χ0) is 19.4. The highest BCUT2D eigenvalue weighted by Crippen LogP contribution is 2.23. The Kier molecular flexibility index (Phi) is 5.84. The van der Waals surface area contributed by atoms with Crippen LogP contribution in [0.1, 0.15) is 44.9 Å². The molecule has 142 valence electrons. The second-order valence-corrected chi connectivity index (χ2v) is 7.38. The van der Waals surface area contributed by atoms with Crippen molar-refractivity contribution in [3.63, 3.8) is 0 Å². The molecule has 3 rings (SSSR count). The lowest BCUT2D eigenvalue weighted by atomic mass is 9.90. The Labute approximate surface area is 160 Å². The Bertz CT molecular complexity index is 792. The number of rotatable bonds is 4. The van der Waals surface area contributed by atoms with Crippen LogP contribution in [0.3, 0.4) is 0 Å². The molecular formula is C21H26N4O2. The second kappa shape index (κ2) is 8.29. The fourth-order valence-electron chi connectivity index (χ4n) is 3.38. The van der Waals surface area contributed by atoms with Crippen LogP contribution in [0.4, 0.5) is 0 Å². The molecule has 27 heavy (non-hydrogen) atoms. The number of aryl methyl sites for hydroxylation is 1. The summed E-state index contributed by atoms with van der Waals surface area (Å²) in [5.41, 5.74) is 3.17. The number of amides is 2. The van der Waals surface area contributed by atoms with E-state index >= 15 is 0 Å². The maximum Gasteiger partial charge on any atom is 0.274 e. The number of nitrogens with zero attached hydrogens (tertiary/aromatic N) is 4. The largest absolute Gasteiger partial charge is 0.345 e. The molecule has 1 aliphatic rings. The Morgan fingerprint density at radius 2 is 1.74 bits per heavy atom. The first-order valence-electron chi connectivity index (χ1n) is 9.32. The van der Waals surface area contributed by atoms with E-state index in [2.05, 4.69) is 9.97 Å². The van der Waals surface area contributed by atoms with Crippen molar-refractivity contribution in [2.24, 2.45) is 5.92 Å². The molecule has 2 heterocycles. The lowest BCUT2D eigenvalue weighted by Crippen LogP contribution is -2.39. The maximum atomic E-state index is 12.5. The molecule has 1 aromatic carbocycles. The van der Waals surface area contributed by atoms with Gasteiger partial charge >= 0.3 is 0 Å². The van der Waals surface area contributed by atoms with E-state index in [-0.39, 0.29) is 11.8 Å².